The van der Waals surface area contributed by atoms with Crippen molar-refractivity contribution in [3.05, 3.63) is 45.5 Å². The molecule has 0 spiro atoms. The number of esters is 1. The highest BCUT2D eigenvalue weighted by atomic mass is 127. The van der Waals surface area contributed by atoms with Crippen LogP contribution in [0.5, 0.6) is 17.2 Å². The van der Waals surface area contributed by atoms with Gasteiger partial charge in [0.25, 0.3) is 0 Å². The highest BCUT2D eigenvalue weighted by Gasteiger charge is 2.14. The Bertz CT molecular complexity index is 1030. The molecule has 0 unspecified atom stereocenters. The summed E-state index contributed by atoms with van der Waals surface area (Å²) in [6.45, 7) is 1.72. The van der Waals surface area contributed by atoms with E-state index in [-0.39, 0.29) is 13.2 Å². The monoisotopic (exact) mass is 569 g/mol. The molecule has 2 rings (SSSR count). The number of hydrogen-bond acceptors (Lipinski definition) is 8. The number of carbonyl (C=O) groups excluding carboxylic acids is 3. The van der Waals surface area contributed by atoms with E-state index in [9.17, 15) is 14.4 Å². The van der Waals surface area contributed by atoms with Gasteiger partial charge in [-0.1, -0.05) is 12.1 Å². The topological polar surface area (TPSA) is 125 Å². The lowest BCUT2D eigenvalue weighted by Gasteiger charge is -2.13. The van der Waals surface area contributed by atoms with E-state index in [1.165, 1.54) is 20.4 Å². The van der Waals surface area contributed by atoms with Gasteiger partial charge in [0.05, 0.1) is 36.3 Å². The van der Waals surface area contributed by atoms with Crippen LogP contribution in [0.25, 0.3) is 0 Å². The van der Waals surface area contributed by atoms with Gasteiger partial charge in [0.2, 0.25) is 11.8 Å². The molecule has 0 saturated heterocycles. The van der Waals surface area contributed by atoms with Crippen LogP contribution >= 0.6 is 22.6 Å². The fourth-order valence-corrected chi connectivity index (χ4v) is 3.38. The number of anilines is 1. The molecule has 176 valence electrons. The van der Waals surface area contributed by atoms with Gasteiger partial charge >= 0.3 is 5.97 Å². The molecule has 2 N–H and O–H groups in total. The summed E-state index contributed by atoms with van der Waals surface area (Å²) in [6, 6.07) is 10.2. The van der Waals surface area contributed by atoms with Crippen molar-refractivity contribution < 1.29 is 33.3 Å². The summed E-state index contributed by atoms with van der Waals surface area (Å²) in [5, 5.41) is 6.49. The molecule has 0 radical (unpaired) electrons. The van der Waals surface area contributed by atoms with E-state index in [0.717, 1.165) is 0 Å². The molecule has 0 aliphatic rings. The van der Waals surface area contributed by atoms with Gasteiger partial charge in [-0.2, -0.15) is 5.10 Å². The average molecular weight is 569 g/mol. The zero-order valence-electron chi connectivity index (χ0n) is 18.3. The van der Waals surface area contributed by atoms with E-state index in [4.69, 9.17) is 18.9 Å². The van der Waals surface area contributed by atoms with E-state index >= 15 is 0 Å². The predicted molar refractivity (Wildman–Crippen MR) is 130 cm³/mol. The molecule has 0 fully saturated rings. The smallest absolute Gasteiger partial charge is 0.344 e. The van der Waals surface area contributed by atoms with E-state index in [2.05, 4.69) is 15.8 Å². The van der Waals surface area contributed by atoms with Crippen LogP contribution in [0, 0.1) is 3.57 Å². The summed E-state index contributed by atoms with van der Waals surface area (Å²) in [7, 11) is 2.95. The Morgan fingerprint density at radius 3 is 2.48 bits per heavy atom. The van der Waals surface area contributed by atoms with Crippen LogP contribution in [0.3, 0.4) is 0 Å². The van der Waals surface area contributed by atoms with Gasteiger partial charge in [0.1, 0.15) is 12.2 Å². The highest BCUT2D eigenvalue weighted by molar-refractivity contribution is 14.1. The molecule has 2 aromatic rings. The standard InChI is InChI=1S/C22H24IN3O7/c1-4-32-21(29)13-33-22-15(23)9-14(10-18(22)31-3)12-24-26-20(28)11-19(27)25-16-7-5-6-8-17(16)30-2/h5-10,12H,4,11,13H2,1-3H3,(H,25,27)(H,26,28). The fourth-order valence-electron chi connectivity index (χ4n) is 2.59. The van der Waals surface area contributed by atoms with Gasteiger partial charge < -0.3 is 24.3 Å². The Labute approximate surface area is 204 Å². The maximum atomic E-state index is 12.1. The predicted octanol–water partition coefficient (Wildman–Crippen LogP) is 2.73. The first kappa shape index (κ1) is 25.9. The number of carbonyl (C=O) groups is 3. The summed E-state index contributed by atoms with van der Waals surface area (Å²) < 4.78 is 21.5. The lowest BCUT2D eigenvalue weighted by atomic mass is 10.2. The zero-order valence-corrected chi connectivity index (χ0v) is 20.5. The quantitative estimate of drug-likeness (QED) is 0.140. The summed E-state index contributed by atoms with van der Waals surface area (Å²) >= 11 is 2.03. The van der Waals surface area contributed by atoms with Gasteiger partial charge in [0, 0.05) is 0 Å². The van der Waals surface area contributed by atoms with E-state index in [1.54, 1.807) is 43.3 Å². The number of hydrogen-bond donors (Lipinski definition) is 2. The first-order valence-electron chi connectivity index (χ1n) is 9.78. The molecular formula is C22H24IN3O7. The van der Waals surface area contributed by atoms with Gasteiger partial charge in [-0.25, -0.2) is 10.2 Å². The molecule has 0 saturated carbocycles. The molecule has 33 heavy (non-hydrogen) atoms. The first-order chi connectivity index (χ1) is 15.9. The lowest BCUT2D eigenvalue weighted by Crippen LogP contribution is -2.24. The van der Waals surface area contributed by atoms with Gasteiger partial charge in [-0.05, 0) is 59.3 Å². The van der Waals surface area contributed by atoms with Gasteiger partial charge in [-0.3, -0.25) is 9.59 Å². The number of hydrazone groups is 1. The van der Waals surface area contributed by atoms with Crippen LogP contribution in [0.1, 0.15) is 18.9 Å². The summed E-state index contributed by atoms with van der Waals surface area (Å²) in [5.41, 5.74) is 3.38. The average Bonchev–Trinajstić information content (AvgIpc) is 2.78. The van der Waals surface area contributed by atoms with Crippen LogP contribution in [0.2, 0.25) is 0 Å². The van der Waals surface area contributed by atoms with Crippen molar-refractivity contribution in [2.45, 2.75) is 13.3 Å². The molecule has 0 aliphatic carbocycles. The van der Waals surface area contributed by atoms with Gasteiger partial charge in [-0.15, -0.1) is 0 Å². The number of nitrogens with zero attached hydrogens (tertiary/aromatic N) is 1. The second-order valence-electron chi connectivity index (χ2n) is 6.35. The number of rotatable bonds is 11. The molecule has 0 atom stereocenters. The van der Waals surface area contributed by atoms with E-state index in [0.29, 0.717) is 32.1 Å². The minimum atomic E-state index is -0.588. The van der Waals surface area contributed by atoms with Crippen molar-refractivity contribution >= 4 is 52.3 Å². The number of methoxy groups -OCH3 is 2. The fraction of sp³-hybridized carbons (Fsp3) is 0.273. The Balaban J connectivity index is 1.94. The van der Waals surface area contributed by atoms with Crippen molar-refractivity contribution in [1.82, 2.24) is 5.43 Å². The Hall–Kier alpha value is -3.35. The molecule has 0 heterocycles. The van der Waals surface area contributed by atoms with Crippen LogP contribution in [0.15, 0.2) is 41.5 Å². The Morgan fingerprint density at radius 2 is 1.79 bits per heavy atom. The lowest BCUT2D eigenvalue weighted by molar-refractivity contribution is -0.145. The highest BCUT2D eigenvalue weighted by Crippen LogP contribution is 2.33. The molecule has 2 amide bonds. The molecule has 11 heteroatoms. The number of para-hydroxylation sites is 2. The minimum Gasteiger partial charge on any atom is -0.495 e. The number of benzene rings is 2. The molecule has 0 aromatic heterocycles. The third-order valence-corrected chi connectivity index (χ3v) is 4.80. The van der Waals surface area contributed by atoms with Gasteiger partial charge in [0.15, 0.2) is 18.1 Å². The summed E-state index contributed by atoms with van der Waals surface area (Å²) in [5.74, 6) is -0.322. The largest absolute Gasteiger partial charge is 0.495 e. The number of amides is 2. The van der Waals surface area contributed by atoms with Crippen molar-refractivity contribution in [2.75, 3.05) is 32.8 Å². The molecule has 2 aromatic carbocycles. The maximum Gasteiger partial charge on any atom is 0.344 e. The van der Waals surface area contributed by atoms with Crippen LogP contribution in [-0.2, 0) is 19.1 Å². The normalized spacial score (nSPS) is 10.4. The zero-order chi connectivity index (χ0) is 24.2. The first-order valence-corrected chi connectivity index (χ1v) is 10.9. The van der Waals surface area contributed by atoms with Crippen molar-refractivity contribution in [3.63, 3.8) is 0 Å². The van der Waals surface area contributed by atoms with Crippen molar-refractivity contribution in [1.29, 1.82) is 0 Å². The van der Waals surface area contributed by atoms with Crippen LogP contribution in [-0.4, -0.2) is 51.4 Å². The van der Waals surface area contributed by atoms with Crippen LogP contribution in [0.4, 0.5) is 5.69 Å². The molecule has 0 bridgehead atoms. The minimum absolute atomic E-state index is 0.249. The number of nitrogens with one attached hydrogen (secondary N) is 2. The number of ether oxygens (including phenoxy) is 4. The third-order valence-electron chi connectivity index (χ3n) is 4.00. The van der Waals surface area contributed by atoms with Crippen molar-refractivity contribution in [2.24, 2.45) is 5.10 Å². The Kier molecular flexibility index (Phi) is 10.4. The molecule has 10 nitrogen and oxygen atoms in total. The summed E-state index contributed by atoms with van der Waals surface area (Å²) in [6.07, 6.45) is 0.979. The number of halogens is 1. The van der Waals surface area contributed by atoms with E-state index in [1.807, 2.05) is 22.6 Å². The maximum absolute atomic E-state index is 12.1. The van der Waals surface area contributed by atoms with Crippen molar-refractivity contribution in [3.8, 4) is 17.2 Å². The SMILES string of the molecule is CCOC(=O)COc1c(I)cc(C=NNC(=O)CC(=O)Nc2ccccc2OC)cc1OC. The van der Waals surface area contributed by atoms with Crippen LogP contribution < -0.4 is 25.0 Å². The molecular weight excluding hydrogens is 545 g/mol. The Morgan fingerprint density at radius 1 is 1.06 bits per heavy atom. The summed E-state index contributed by atoms with van der Waals surface area (Å²) in [4.78, 5) is 35.6. The second kappa shape index (κ2) is 13.3. The van der Waals surface area contributed by atoms with E-state index < -0.39 is 24.2 Å². The molecule has 0 aliphatic heterocycles. The second-order valence-corrected chi connectivity index (χ2v) is 7.51. The third kappa shape index (κ3) is 8.25.